The number of carbonyl (C=O) groups is 1. The summed E-state index contributed by atoms with van der Waals surface area (Å²) in [6.07, 6.45) is 0.167. The molecule has 0 aromatic heterocycles. The lowest BCUT2D eigenvalue weighted by Gasteiger charge is -2.10. The van der Waals surface area contributed by atoms with Gasteiger partial charge in [0.05, 0.1) is 11.6 Å². The van der Waals surface area contributed by atoms with Gasteiger partial charge in [-0.05, 0) is 39.2 Å². The van der Waals surface area contributed by atoms with Crippen molar-refractivity contribution in [3.63, 3.8) is 0 Å². The summed E-state index contributed by atoms with van der Waals surface area (Å²) in [7, 11) is 1.24. The van der Waals surface area contributed by atoms with Crippen molar-refractivity contribution in [2.24, 2.45) is 5.16 Å². The van der Waals surface area contributed by atoms with E-state index in [-0.39, 0.29) is 12.1 Å². The Hall–Kier alpha value is -2.34. The molecule has 0 atom stereocenters. The third-order valence-corrected chi connectivity index (χ3v) is 3.77. The molecule has 6 heteroatoms. The van der Waals surface area contributed by atoms with Crippen LogP contribution in [-0.4, -0.2) is 24.0 Å². The first-order chi connectivity index (χ1) is 11.1. The van der Waals surface area contributed by atoms with Crippen molar-refractivity contribution in [3.05, 3.63) is 64.1 Å². The van der Waals surface area contributed by atoms with Gasteiger partial charge in [0.15, 0.2) is 5.71 Å². The van der Waals surface area contributed by atoms with Crippen LogP contribution in [0.5, 0.6) is 5.75 Å². The lowest BCUT2D eigenvalue weighted by Crippen LogP contribution is -2.18. The number of hydrogen-bond acceptors (Lipinski definition) is 5. The molecule has 0 bridgehead atoms. The first-order valence-electron chi connectivity index (χ1n) is 6.88. The van der Waals surface area contributed by atoms with Crippen molar-refractivity contribution in [3.8, 4) is 5.75 Å². The van der Waals surface area contributed by atoms with Crippen LogP contribution < -0.4 is 4.74 Å². The number of halogens is 1. The molecule has 0 amide bonds. The van der Waals surface area contributed by atoms with E-state index in [2.05, 4.69) is 25.8 Å². The van der Waals surface area contributed by atoms with E-state index in [0.717, 1.165) is 15.6 Å². The lowest BCUT2D eigenvalue weighted by molar-refractivity contribution is -0.133. The summed E-state index contributed by atoms with van der Waals surface area (Å²) in [5.41, 5.74) is 1.81. The summed E-state index contributed by atoms with van der Waals surface area (Å²) in [5.74, 6) is 0.0335. The minimum absolute atomic E-state index is 0.0580. The van der Waals surface area contributed by atoms with Crippen LogP contribution in [0, 0.1) is 0 Å². The van der Waals surface area contributed by atoms with Gasteiger partial charge in [0.25, 0.3) is 0 Å². The number of oxime groups is 1. The molecule has 0 saturated heterocycles. The van der Waals surface area contributed by atoms with Gasteiger partial charge in [-0.1, -0.05) is 41.6 Å². The maximum absolute atomic E-state index is 11.4. The largest absolute Gasteiger partial charge is 0.488 e. The maximum atomic E-state index is 11.4. The monoisotopic (exact) mass is 377 g/mol. The summed E-state index contributed by atoms with van der Waals surface area (Å²) in [6.45, 7) is 0.463. The fourth-order valence-electron chi connectivity index (χ4n) is 1.97. The highest BCUT2D eigenvalue weighted by Crippen LogP contribution is 2.27. The molecule has 0 unspecified atom stereocenters. The fourth-order valence-corrected chi connectivity index (χ4v) is 2.51. The molecule has 23 heavy (non-hydrogen) atoms. The number of carbonyl (C=O) groups excluding carboxylic acids is 1. The Morgan fingerprint density at radius 2 is 1.91 bits per heavy atom. The Balaban J connectivity index is 2.04. The Labute approximate surface area is 142 Å². The standard InChI is InChI=1S/C17H16BrNO4/c1-22-17(20)15(19-21)10-13-7-8-16(14(18)9-13)23-11-12-5-3-2-4-6-12/h2-9,21H,10-11H2,1H3/b19-15+. The Kier molecular flexibility index (Phi) is 6.17. The van der Waals surface area contributed by atoms with E-state index in [0.29, 0.717) is 12.4 Å². The molecule has 0 saturated carbocycles. The molecule has 2 rings (SSSR count). The lowest BCUT2D eigenvalue weighted by atomic mass is 10.1. The predicted octanol–water partition coefficient (Wildman–Crippen LogP) is 3.57. The number of hydrogen-bond donors (Lipinski definition) is 1. The quantitative estimate of drug-likeness (QED) is 0.361. The second-order valence-corrected chi connectivity index (χ2v) is 5.61. The van der Waals surface area contributed by atoms with E-state index in [9.17, 15) is 4.79 Å². The molecule has 0 heterocycles. The van der Waals surface area contributed by atoms with Crippen molar-refractivity contribution < 1.29 is 19.5 Å². The number of esters is 1. The number of nitrogens with zero attached hydrogens (tertiary/aromatic N) is 1. The number of methoxy groups -OCH3 is 1. The smallest absolute Gasteiger partial charge is 0.356 e. The van der Waals surface area contributed by atoms with Crippen LogP contribution in [0.25, 0.3) is 0 Å². The van der Waals surface area contributed by atoms with Crippen molar-refractivity contribution in [1.82, 2.24) is 0 Å². The second kappa shape index (κ2) is 8.33. The predicted molar refractivity (Wildman–Crippen MR) is 89.9 cm³/mol. The zero-order valence-electron chi connectivity index (χ0n) is 12.5. The van der Waals surface area contributed by atoms with Crippen LogP contribution in [0.1, 0.15) is 11.1 Å². The average molecular weight is 378 g/mol. The van der Waals surface area contributed by atoms with Gasteiger partial charge < -0.3 is 14.7 Å². The molecule has 2 aromatic carbocycles. The van der Waals surface area contributed by atoms with Crippen molar-refractivity contribution in [2.45, 2.75) is 13.0 Å². The third-order valence-electron chi connectivity index (χ3n) is 3.15. The Morgan fingerprint density at radius 1 is 1.17 bits per heavy atom. The second-order valence-electron chi connectivity index (χ2n) is 4.75. The molecular formula is C17H16BrNO4. The summed E-state index contributed by atoms with van der Waals surface area (Å²) in [4.78, 5) is 11.4. The summed E-state index contributed by atoms with van der Waals surface area (Å²) < 4.78 is 11.1. The summed E-state index contributed by atoms with van der Waals surface area (Å²) in [6, 6.07) is 15.3. The van der Waals surface area contributed by atoms with E-state index >= 15 is 0 Å². The number of rotatable bonds is 6. The van der Waals surface area contributed by atoms with Gasteiger partial charge in [0.1, 0.15) is 12.4 Å². The van der Waals surface area contributed by atoms with Crippen LogP contribution in [0.15, 0.2) is 58.2 Å². The average Bonchev–Trinajstić information content (AvgIpc) is 2.59. The molecular weight excluding hydrogens is 362 g/mol. The molecule has 0 fully saturated rings. The highest BCUT2D eigenvalue weighted by atomic mass is 79.9. The molecule has 0 radical (unpaired) electrons. The topological polar surface area (TPSA) is 68.1 Å². The van der Waals surface area contributed by atoms with Gasteiger partial charge in [-0.2, -0.15) is 0 Å². The van der Waals surface area contributed by atoms with Gasteiger partial charge in [-0.3, -0.25) is 0 Å². The maximum Gasteiger partial charge on any atom is 0.356 e. The van der Waals surface area contributed by atoms with Crippen molar-refractivity contribution in [1.29, 1.82) is 0 Å². The summed E-state index contributed by atoms with van der Waals surface area (Å²) >= 11 is 3.44. The first-order valence-corrected chi connectivity index (χ1v) is 7.67. The SMILES string of the molecule is COC(=O)/C(Cc1ccc(OCc2ccccc2)c(Br)c1)=N/O. The van der Waals surface area contributed by atoms with E-state index in [1.165, 1.54) is 7.11 Å². The molecule has 0 aliphatic rings. The molecule has 2 aromatic rings. The molecule has 0 aliphatic heterocycles. The zero-order valence-corrected chi connectivity index (χ0v) is 14.1. The minimum atomic E-state index is -0.659. The van der Waals surface area contributed by atoms with Crippen LogP contribution >= 0.6 is 15.9 Å². The minimum Gasteiger partial charge on any atom is -0.488 e. The molecule has 0 spiro atoms. The molecule has 1 N–H and O–H groups in total. The van der Waals surface area contributed by atoms with E-state index < -0.39 is 5.97 Å². The molecule has 120 valence electrons. The fraction of sp³-hybridized carbons (Fsp3) is 0.176. The Morgan fingerprint density at radius 3 is 2.52 bits per heavy atom. The Bertz CT molecular complexity index is 701. The van der Waals surface area contributed by atoms with Gasteiger partial charge in [-0.15, -0.1) is 0 Å². The van der Waals surface area contributed by atoms with Crippen LogP contribution in [0.4, 0.5) is 0 Å². The zero-order chi connectivity index (χ0) is 16.7. The van der Waals surface area contributed by atoms with Gasteiger partial charge in [-0.25, -0.2) is 4.79 Å². The first kappa shape index (κ1) is 17.0. The van der Waals surface area contributed by atoms with Crippen LogP contribution in [0.2, 0.25) is 0 Å². The molecule has 0 aliphatic carbocycles. The highest BCUT2D eigenvalue weighted by molar-refractivity contribution is 9.10. The van der Waals surface area contributed by atoms with E-state index in [1.54, 1.807) is 12.1 Å². The van der Waals surface area contributed by atoms with E-state index in [1.807, 2.05) is 36.4 Å². The van der Waals surface area contributed by atoms with Crippen LogP contribution in [0.3, 0.4) is 0 Å². The summed E-state index contributed by atoms with van der Waals surface area (Å²) in [5, 5.41) is 11.9. The van der Waals surface area contributed by atoms with Crippen molar-refractivity contribution >= 4 is 27.6 Å². The van der Waals surface area contributed by atoms with Gasteiger partial charge in [0, 0.05) is 6.42 Å². The van der Waals surface area contributed by atoms with Crippen molar-refractivity contribution in [2.75, 3.05) is 7.11 Å². The third kappa shape index (κ3) is 4.82. The van der Waals surface area contributed by atoms with Gasteiger partial charge in [0.2, 0.25) is 0 Å². The molecule has 5 nitrogen and oxygen atoms in total. The van der Waals surface area contributed by atoms with E-state index in [4.69, 9.17) is 9.94 Å². The van der Waals surface area contributed by atoms with Crippen LogP contribution in [-0.2, 0) is 22.6 Å². The number of ether oxygens (including phenoxy) is 2. The highest BCUT2D eigenvalue weighted by Gasteiger charge is 2.14. The van der Waals surface area contributed by atoms with Gasteiger partial charge >= 0.3 is 5.97 Å². The normalized spacial score (nSPS) is 11.1. The number of benzene rings is 2.